The first-order valence-electron chi connectivity index (χ1n) is 8.95. The lowest BCUT2D eigenvalue weighted by molar-refractivity contribution is -0.137. The van der Waals surface area contributed by atoms with Crippen molar-refractivity contribution in [3.8, 4) is 22.8 Å². The SMILES string of the molecule is CCOCC(C)Oc1ncccc1-c1cc(F)c(OCCCC(=O)O)c(F)c1. The van der Waals surface area contributed by atoms with Crippen molar-refractivity contribution in [1.29, 1.82) is 0 Å². The minimum Gasteiger partial charge on any atom is -0.488 e. The highest BCUT2D eigenvalue weighted by Crippen LogP contribution is 2.33. The molecular formula is C20H23F2NO5. The lowest BCUT2D eigenvalue weighted by Gasteiger charge is -2.17. The van der Waals surface area contributed by atoms with E-state index in [2.05, 4.69) is 4.98 Å². The Morgan fingerprint density at radius 2 is 2.00 bits per heavy atom. The van der Waals surface area contributed by atoms with E-state index in [1.165, 1.54) is 6.20 Å². The summed E-state index contributed by atoms with van der Waals surface area (Å²) in [5.41, 5.74) is 0.681. The molecule has 1 N–H and O–H groups in total. The molecule has 1 unspecified atom stereocenters. The Balaban J connectivity index is 2.18. The van der Waals surface area contributed by atoms with E-state index in [4.69, 9.17) is 19.3 Å². The largest absolute Gasteiger partial charge is 0.488 e. The highest BCUT2D eigenvalue weighted by molar-refractivity contribution is 5.69. The van der Waals surface area contributed by atoms with Gasteiger partial charge in [-0.2, -0.15) is 0 Å². The Morgan fingerprint density at radius 3 is 2.64 bits per heavy atom. The molecule has 0 saturated carbocycles. The third kappa shape index (κ3) is 6.16. The maximum Gasteiger partial charge on any atom is 0.303 e. The smallest absolute Gasteiger partial charge is 0.303 e. The molecule has 0 bridgehead atoms. The van der Waals surface area contributed by atoms with Gasteiger partial charge in [-0.3, -0.25) is 4.79 Å². The lowest BCUT2D eigenvalue weighted by Crippen LogP contribution is -2.20. The van der Waals surface area contributed by atoms with Crippen molar-refractivity contribution < 1.29 is 32.9 Å². The van der Waals surface area contributed by atoms with Gasteiger partial charge in [0.05, 0.1) is 13.2 Å². The zero-order chi connectivity index (χ0) is 20.5. The molecule has 0 aliphatic heterocycles. The van der Waals surface area contributed by atoms with Crippen LogP contribution in [0.25, 0.3) is 11.1 Å². The van der Waals surface area contributed by atoms with E-state index >= 15 is 0 Å². The van der Waals surface area contributed by atoms with Crippen LogP contribution < -0.4 is 9.47 Å². The number of pyridine rings is 1. The third-order valence-corrected chi connectivity index (χ3v) is 3.73. The molecule has 152 valence electrons. The molecule has 0 amide bonds. The highest BCUT2D eigenvalue weighted by Gasteiger charge is 2.17. The molecule has 0 fully saturated rings. The summed E-state index contributed by atoms with van der Waals surface area (Å²) in [6.07, 6.45) is 1.24. The molecule has 2 aromatic rings. The summed E-state index contributed by atoms with van der Waals surface area (Å²) in [7, 11) is 0. The van der Waals surface area contributed by atoms with Gasteiger partial charge >= 0.3 is 5.97 Å². The number of ether oxygens (including phenoxy) is 3. The predicted octanol–water partition coefficient (Wildman–Crippen LogP) is 4.07. The summed E-state index contributed by atoms with van der Waals surface area (Å²) in [4.78, 5) is 14.6. The number of carbonyl (C=O) groups is 1. The van der Waals surface area contributed by atoms with Crippen LogP contribution in [0, 0.1) is 11.6 Å². The average Bonchev–Trinajstić information content (AvgIpc) is 2.65. The van der Waals surface area contributed by atoms with Gasteiger partial charge in [-0.1, -0.05) is 0 Å². The summed E-state index contributed by atoms with van der Waals surface area (Å²) in [5, 5.41) is 8.59. The van der Waals surface area contributed by atoms with Crippen molar-refractivity contribution in [2.45, 2.75) is 32.8 Å². The van der Waals surface area contributed by atoms with Crippen molar-refractivity contribution >= 4 is 5.97 Å². The molecule has 1 aromatic heterocycles. The summed E-state index contributed by atoms with van der Waals surface area (Å²) in [5.74, 6) is -3.07. The third-order valence-electron chi connectivity index (χ3n) is 3.73. The van der Waals surface area contributed by atoms with Gasteiger partial charge in [0.2, 0.25) is 5.88 Å². The van der Waals surface area contributed by atoms with Crippen LogP contribution in [0.15, 0.2) is 30.5 Å². The standard InChI is InChI=1S/C20H23F2NO5/c1-3-26-12-13(2)28-20-15(6-4-8-23-20)14-10-16(21)19(17(22)11-14)27-9-5-7-18(24)25/h4,6,8,10-11,13H,3,5,7,9,12H2,1-2H3,(H,24,25). The summed E-state index contributed by atoms with van der Waals surface area (Å²) < 4.78 is 44.9. The molecule has 28 heavy (non-hydrogen) atoms. The quantitative estimate of drug-likeness (QED) is 0.578. The van der Waals surface area contributed by atoms with E-state index in [9.17, 15) is 13.6 Å². The molecule has 1 atom stereocenters. The minimum atomic E-state index is -0.998. The topological polar surface area (TPSA) is 77.9 Å². The Labute approximate surface area is 162 Å². The summed E-state index contributed by atoms with van der Waals surface area (Å²) >= 11 is 0. The number of carboxylic acid groups (broad SMARTS) is 1. The zero-order valence-corrected chi connectivity index (χ0v) is 15.8. The molecular weight excluding hydrogens is 372 g/mol. The molecule has 0 saturated heterocycles. The van der Waals surface area contributed by atoms with Gasteiger partial charge in [0.1, 0.15) is 6.10 Å². The highest BCUT2D eigenvalue weighted by atomic mass is 19.1. The molecule has 6 nitrogen and oxygen atoms in total. The molecule has 8 heteroatoms. The first kappa shape index (κ1) is 21.6. The first-order valence-corrected chi connectivity index (χ1v) is 8.95. The van der Waals surface area contributed by atoms with Crippen LogP contribution >= 0.6 is 0 Å². The Hall–Kier alpha value is -2.74. The zero-order valence-electron chi connectivity index (χ0n) is 15.8. The molecule has 2 rings (SSSR count). The second kappa shape index (κ2) is 10.6. The second-order valence-corrected chi connectivity index (χ2v) is 6.06. The molecule has 0 aliphatic carbocycles. The minimum absolute atomic E-state index is 0.102. The van der Waals surface area contributed by atoms with Gasteiger partial charge in [-0.05, 0) is 50.1 Å². The fourth-order valence-corrected chi connectivity index (χ4v) is 2.46. The molecule has 0 spiro atoms. The van der Waals surface area contributed by atoms with Crippen LogP contribution in [0.4, 0.5) is 8.78 Å². The van der Waals surface area contributed by atoms with E-state index in [0.717, 1.165) is 12.1 Å². The summed E-state index contributed by atoms with van der Waals surface area (Å²) in [6.45, 7) is 4.49. The monoisotopic (exact) mass is 395 g/mol. The van der Waals surface area contributed by atoms with Crippen LogP contribution in [0.5, 0.6) is 11.6 Å². The van der Waals surface area contributed by atoms with Crippen molar-refractivity contribution in [3.05, 3.63) is 42.1 Å². The molecule has 0 radical (unpaired) electrons. The van der Waals surface area contributed by atoms with Crippen molar-refractivity contribution in [3.63, 3.8) is 0 Å². The van der Waals surface area contributed by atoms with Crippen molar-refractivity contribution in [2.75, 3.05) is 19.8 Å². The number of carboxylic acids is 1. The number of rotatable bonds is 11. The molecule has 1 aromatic carbocycles. The number of aromatic nitrogens is 1. The van der Waals surface area contributed by atoms with Gasteiger partial charge < -0.3 is 19.3 Å². The number of hydrogen-bond acceptors (Lipinski definition) is 5. The maximum absolute atomic E-state index is 14.4. The fourth-order valence-electron chi connectivity index (χ4n) is 2.46. The van der Waals surface area contributed by atoms with Crippen molar-refractivity contribution in [1.82, 2.24) is 4.98 Å². The van der Waals surface area contributed by atoms with Gasteiger partial charge in [0.15, 0.2) is 17.4 Å². The number of hydrogen-bond donors (Lipinski definition) is 1. The Morgan fingerprint density at radius 1 is 1.29 bits per heavy atom. The Bertz CT molecular complexity index is 777. The molecule has 0 aliphatic rings. The van der Waals surface area contributed by atoms with E-state index < -0.39 is 23.4 Å². The van der Waals surface area contributed by atoms with Crippen LogP contribution in [0.1, 0.15) is 26.7 Å². The second-order valence-electron chi connectivity index (χ2n) is 6.06. The summed E-state index contributed by atoms with van der Waals surface area (Å²) in [6, 6.07) is 5.55. The van der Waals surface area contributed by atoms with E-state index in [-0.39, 0.29) is 37.0 Å². The lowest BCUT2D eigenvalue weighted by atomic mass is 10.1. The Kier molecular flexibility index (Phi) is 8.13. The van der Waals surface area contributed by atoms with Crippen molar-refractivity contribution in [2.24, 2.45) is 0 Å². The van der Waals surface area contributed by atoms with Crippen LogP contribution in [0.3, 0.4) is 0 Å². The van der Waals surface area contributed by atoms with Gasteiger partial charge in [0, 0.05) is 24.8 Å². The number of halogens is 2. The predicted molar refractivity (Wildman–Crippen MR) is 98.5 cm³/mol. The maximum atomic E-state index is 14.4. The number of aliphatic carboxylic acids is 1. The van der Waals surface area contributed by atoms with E-state index in [0.29, 0.717) is 18.8 Å². The average molecular weight is 395 g/mol. The number of benzene rings is 1. The van der Waals surface area contributed by atoms with Gasteiger partial charge in [-0.25, -0.2) is 13.8 Å². The number of nitrogens with zero attached hydrogens (tertiary/aromatic N) is 1. The van der Waals surface area contributed by atoms with Gasteiger partial charge in [-0.15, -0.1) is 0 Å². The van der Waals surface area contributed by atoms with E-state index in [1.807, 2.05) is 13.8 Å². The van der Waals surface area contributed by atoms with Crippen LogP contribution in [0.2, 0.25) is 0 Å². The van der Waals surface area contributed by atoms with Gasteiger partial charge in [0.25, 0.3) is 0 Å². The first-order chi connectivity index (χ1) is 13.4. The van der Waals surface area contributed by atoms with Crippen LogP contribution in [-0.2, 0) is 9.53 Å². The van der Waals surface area contributed by atoms with E-state index in [1.54, 1.807) is 12.1 Å². The normalized spacial score (nSPS) is 11.9. The van der Waals surface area contributed by atoms with Crippen LogP contribution in [-0.4, -0.2) is 42.0 Å². The fraction of sp³-hybridized carbons (Fsp3) is 0.400. The molecule has 1 heterocycles.